The number of anilines is 1. The number of rotatable bonds is 8. The zero-order chi connectivity index (χ0) is 21.9. The summed E-state index contributed by atoms with van der Waals surface area (Å²) in [7, 11) is 0. The van der Waals surface area contributed by atoms with Gasteiger partial charge in [-0.1, -0.05) is 12.2 Å². The Kier molecular flexibility index (Phi) is 7.10. The van der Waals surface area contributed by atoms with Crippen LogP contribution in [0.25, 0.3) is 0 Å². The number of nitrogens with two attached hydrogens (primary N) is 1. The van der Waals surface area contributed by atoms with E-state index in [0.29, 0.717) is 13.1 Å². The highest BCUT2D eigenvalue weighted by atomic mass is 127. The number of amides is 1. The fourth-order valence-electron chi connectivity index (χ4n) is 3.38. The van der Waals surface area contributed by atoms with E-state index in [9.17, 15) is 23.1 Å². The van der Waals surface area contributed by atoms with Gasteiger partial charge in [-0.2, -0.15) is 0 Å². The molecule has 1 amide bonds. The fraction of sp³-hybridized carbons (Fsp3) is 0.450. The maximum Gasteiger partial charge on any atom is 0.256 e. The van der Waals surface area contributed by atoms with Gasteiger partial charge in [-0.3, -0.25) is 4.79 Å². The second-order valence-electron chi connectivity index (χ2n) is 7.53. The van der Waals surface area contributed by atoms with E-state index in [0.717, 1.165) is 18.6 Å². The molecule has 1 heterocycles. The standard InChI is InChI=1S/C20H24F3IN4O2/c21-14-6-5-13(17(16(14)23)27-20(24)7-2-1-4-15(20)22)18(29)28-11-19(30,12-28)10-26-9-3-8-25/h1-2,4-7,15,26-27,30H,3,8-12,25H2. The number of hydrogen-bond acceptors (Lipinski definition) is 5. The van der Waals surface area contributed by atoms with Gasteiger partial charge in [0.05, 0.1) is 24.3 Å². The summed E-state index contributed by atoms with van der Waals surface area (Å²) in [6.07, 6.45) is 5.11. The van der Waals surface area contributed by atoms with Crippen LogP contribution in [-0.4, -0.2) is 64.0 Å². The Balaban J connectivity index is 1.75. The summed E-state index contributed by atoms with van der Waals surface area (Å²) in [5.41, 5.74) is 3.79. The van der Waals surface area contributed by atoms with E-state index in [2.05, 4.69) is 10.6 Å². The van der Waals surface area contributed by atoms with E-state index >= 15 is 0 Å². The summed E-state index contributed by atoms with van der Waals surface area (Å²) in [6, 6.07) is 2.02. The molecule has 164 valence electrons. The van der Waals surface area contributed by atoms with Crippen LogP contribution in [0.2, 0.25) is 0 Å². The minimum atomic E-state index is -1.51. The van der Waals surface area contributed by atoms with E-state index in [4.69, 9.17) is 5.73 Å². The molecule has 1 aromatic carbocycles. The third-order valence-electron chi connectivity index (χ3n) is 5.04. The van der Waals surface area contributed by atoms with E-state index in [1.165, 1.54) is 23.1 Å². The average Bonchev–Trinajstić information content (AvgIpc) is 2.69. The number of halogens is 4. The van der Waals surface area contributed by atoms with Crippen molar-refractivity contribution in [2.24, 2.45) is 5.73 Å². The molecule has 0 spiro atoms. The van der Waals surface area contributed by atoms with E-state index < -0.39 is 38.5 Å². The normalized spacial score (nSPS) is 24.6. The number of β-amino-alcohol motifs (C(OH)–C–C–N with tert-alkyl or cyclic N) is 1. The first-order chi connectivity index (χ1) is 14.2. The molecule has 0 saturated carbocycles. The number of alkyl halides is 2. The molecule has 1 aromatic rings. The number of carbonyl (C=O) groups is 1. The predicted molar refractivity (Wildman–Crippen MR) is 117 cm³/mol. The smallest absolute Gasteiger partial charge is 0.256 e. The number of aliphatic hydroxyl groups is 1. The highest BCUT2D eigenvalue weighted by Crippen LogP contribution is 2.36. The number of nitrogens with zero attached hydrogens (tertiary/aromatic N) is 1. The van der Waals surface area contributed by atoms with Crippen molar-refractivity contribution in [2.45, 2.75) is 21.7 Å². The van der Waals surface area contributed by atoms with Gasteiger partial charge in [0.15, 0.2) is 17.8 Å². The second-order valence-corrected chi connectivity index (χ2v) is 9.31. The summed E-state index contributed by atoms with van der Waals surface area (Å²) >= 11 is 1.76. The lowest BCUT2D eigenvalue weighted by Gasteiger charge is -2.46. The Labute approximate surface area is 186 Å². The van der Waals surface area contributed by atoms with Crippen LogP contribution in [0.1, 0.15) is 16.8 Å². The largest absolute Gasteiger partial charge is 0.385 e. The summed E-state index contributed by atoms with van der Waals surface area (Å²) < 4.78 is 41.6. The van der Waals surface area contributed by atoms with Crippen LogP contribution in [0.4, 0.5) is 18.9 Å². The Hall–Kier alpha value is -1.63. The van der Waals surface area contributed by atoms with Gasteiger partial charge in [0.25, 0.3) is 5.91 Å². The molecule has 0 bridgehead atoms. The van der Waals surface area contributed by atoms with Gasteiger partial charge in [0.2, 0.25) is 0 Å². The van der Waals surface area contributed by atoms with E-state index in [-0.39, 0.29) is 25.2 Å². The number of nitrogens with one attached hydrogen (secondary N) is 2. The SMILES string of the molecule is NCCCNCC1(O)CN(C(=O)c2ccc(F)c(F)c2NC2(I)C=CC=CC2F)C1. The molecule has 1 aliphatic heterocycles. The molecule has 10 heteroatoms. The van der Waals surface area contributed by atoms with Gasteiger partial charge >= 0.3 is 0 Å². The third kappa shape index (κ3) is 4.82. The van der Waals surface area contributed by atoms with Gasteiger partial charge in [0, 0.05) is 6.54 Å². The van der Waals surface area contributed by atoms with Crippen molar-refractivity contribution in [1.29, 1.82) is 0 Å². The Morgan fingerprint density at radius 2 is 2.07 bits per heavy atom. The Morgan fingerprint density at radius 1 is 1.33 bits per heavy atom. The molecule has 30 heavy (non-hydrogen) atoms. The van der Waals surface area contributed by atoms with Crippen LogP contribution in [0.15, 0.2) is 36.4 Å². The van der Waals surface area contributed by atoms with Crippen molar-refractivity contribution in [2.75, 3.05) is 38.0 Å². The molecule has 2 unspecified atom stereocenters. The lowest BCUT2D eigenvalue weighted by atomic mass is 9.92. The molecule has 0 aromatic heterocycles. The third-order valence-corrected chi connectivity index (χ3v) is 6.27. The topological polar surface area (TPSA) is 90.6 Å². The van der Waals surface area contributed by atoms with E-state index in [1.807, 2.05) is 0 Å². The van der Waals surface area contributed by atoms with Crippen molar-refractivity contribution in [3.05, 3.63) is 53.6 Å². The lowest BCUT2D eigenvalue weighted by Crippen LogP contribution is -2.67. The maximum absolute atomic E-state index is 14.6. The summed E-state index contributed by atoms with van der Waals surface area (Å²) in [6.45, 7) is 1.56. The van der Waals surface area contributed by atoms with Crippen molar-refractivity contribution in [3.8, 4) is 0 Å². The summed E-state index contributed by atoms with van der Waals surface area (Å²) in [5, 5.41) is 16.2. The quantitative estimate of drug-likeness (QED) is 0.177. The highest BCUT2D eigenvalue weighted by Gasteiger charge is 2.44. The van der Waals surface area contributed by atoms with Crippen LogP contribution in [0.5, 0.6) is 0 Å². The van der Waals surface area contributed by atoms with Crippen LogP contribution < -0.4 is 16.4 Å². The van der Waals surface area contributed by atoms with Crippen molar-refractivity contribution < 1.29 is 23.1 Å². The average molecular weight is 536 g/mol. The number of hydrogen-bond donors (Lipinski definition) is 4. The minimum absolute atomic E-state index is 0.0453. The molecule has 3 rings (SSSR count). The monoisotopic (exact) mass is 536 g/mol. The first kappa shape index (κ1) is 23.0. The van der Waals surface area contributed by atoms with Crippen LogP contribution in [-0.2, 0) is 0 Å². The molecule has 1 saturated heterocycles. The molecule has 1 fully saturated rings. The van der Waals surface area contributed by atoms with Crippen LogP contribution in [0.3, 0.4) is 0 Å². The molecular formula is C20H24F3IN4O2. The van der Waals surface area contributed by atoms with Crippen molar-refractivity contribution in [3.63, 3.8) is 0 Å². The molecule has 2 atom stereocenters. The highest BCUT2D eigenvalue weighted by molar-refractivity contribution is 14.1. The zero-order valence-corrected chi connectivity index (χ0v) is 18.3. The summed E-state index contributed by atoms with van der Waals surface area (Å²) in [4.78, 5) is 14.3. The van der Waals surface area contributed by atoms with Gasteiger partial charge in [-0.15, -0.1) is 0 Å². The van der Waals surface area contributed by atoms with Crippen molar-refractivity contribution >= 4 is 34.2 Å². The van der Waals surface area contributed by atoms with Gasteiger partial charge in [-0.05, 0) is 66.4 Å². The van der Waals surface area contributed by atoms with E-state index in [1.54, 1.807) is 28.7 Å². The zero-order valence-electron chi connectivity index (χ0n) is 16.2. The van der Waals surface area contributed by atoms with Crippen LogP contribution >= 0.6 is 22.6 Å². The molecule has 6 nitrogen and oxygen atoms in total. The first-order valence-electron chi connectivity index (χ1n) is 9.57. The molecule has 0 radical (unpaired) electrons. The van der Waals surface area contributed by atoms with Crippen molar-refractivity contribution in [1.82, 2.24) is 10.2 Å². The Bertz CT molecular complexity index is 861. The van der Waals surface area contributed by atoms with Crippen LogP contribution in [0, 0.1) is 11.6 Å². The van der Waals surface area contributed by atoms with Gasteiger partial charge in [-0.25, -0.2) is 13.2 Å². The maximum atomic E-state index is 14.6. The molecule has 1 aliphatic carbocycles. The molecule has 2 aliphatic rings. The first-order valence-corrected chi connectivity index (χ1v) is 10.6. The number of likely N-dealkylation sites (tertiary alicyclic amines) is 1. The second kappa shape index (κ2) is 9.25. The minimum Gasteiger partial charge on any atom is -0.385 e. The Morgan fingerprint density at radius 3 is 2.73 bits per heavy atom. The number of allylic oxidation sites excluding steroid dienone is 2. The molecular weight excluding hydrogens is 512 g/mol. The predicted octanol–water partition coefficient (Wildman–Crippen LogP) is 2.10. The molecule has 5 N–H and O–H groups in total. The lowest BCUT2D eigenvalue weighted by molar-refractivity contribution is -0.0784. The fourth-order valence-corrected chi connectivity index (χ4v) is 4.07. The summed E-state index contributed by atoms with van der Waals surface area (Å²) in [5.74, 6) is -2.98. The van der Waals surface area contributed by atoms with Gasteiger partial charge in [0.1, 0.15) is 9.15 Å². The number of carbonyl (C=O) groups excluding carboxylic acids is 1. The number of benzene rings is 1. The van der Waals surface area contributed by atoms with Gasteiger partial charge < -0.3 is 26.4 Å².